The number of amides is 1. The fourth-order valence-corrected chi connectivity index (χ4v) is 4.34. The van der Waals surface area contributed by atoms with Gasteiger partial charge in [0.1, 0.15) is 11.5 Å². The molecule has 2 N–H and O–H groups in total. The Labute approximate surface area is 209 Å². The summed E-state index contributed by atoms with van der Waals surface area (Å²) in [6.07, 6.45) is 5.34. The molecule has 0 fully saturated rings. The van der Waals surface area contributed by atoms with Crippen LogP contribution in [-0.4, -0.2) is 31.2 Å². The quantitative estimate of drug-likeness (QED) is 0.441. The van der Waals surface area contributed by atoms with Crippen molar-refractivity contribution in [2.24, 2.45) is 0 Å². The maximum absolute atomic E-state index is 11.6. The monoisotopic (exact) mass is 474 g/mol. The molecule has 1 aliphatic rings. The topological polar surface area (TPSA) is 61.8 Å². The highest BCUT2D eigenvalue weighted by Gasteiger charge is 2.09. The van der Waals surface area contributed by atoms with Crippen molar-refractivity contribution in [2.45, 2.75) is 52.5 Å². The molecular weight excluding hydrogens is 436 g/mol. The molecule has 186 valence electrons. The molecule has 0 saturated carbocycles. The number of nitrogens with zero attached hydrogens (tertiary/aromatic N) is 1. The van der Waals surface area contributed by atoms with E-state index in [-0.39, 0.29) is 5.91 Å². The molecule has 0 spiro atoms. The third-order valence-corrected chi connectivity index (χ3v) is 6.27. The maximum atomic E-state index is 11.6. The minimum Gasteiger partial charge on any atom is -0.508 e. The van der Waals surface area contributed by atoms with Gasteiger partial charge in [0, 0.05) is 31.4 Å². The molecule has 0 heterocycles. The lowest BCUT2D eigenvalue weighted by Gasteiger charge is -2.23. The maximum Gasteiger partial charge on any atom is 0.224 e. The molecule has 5 heteroatoms. The lowest BCUT2D eigenvalue weighted by molar-refractivity contribution is -0.120. The Morgan fingerprint density at radius 1 is 0.943 bits per heavy atom. The highest BCUT2D eigenvalue weighted by atomic mass is 16.5. The number of benzene rings is 3. The zero-order chi connectivity index (χ0) is 25.0. The minimum absolute atomic E-state index is 0.0665. The highest BCUT2D eigenvalue weighted by molar-refractivity contribution is 5.78. The van der Waals surface area contributed by atoms with Gasteiger partial charge in [0.2, 0.25) is 5.91 Å². The van der Waals surface area contributed by atoms with Crippen molar-refractivity contribution in [3.8, 4) is 11.5 Å². The van der Waals surface area contributed by atoms with Gasteiger partial charge in [0.05, 0.1) is 13.5 Å². The van der Waals surface area contributed by atoms with E-state index in [4.69, 9.17) is 4.74 Å². The molecule has 35 heavy (non-hydrogen) atoms. The Balaban J connectivity index is 0.000000256. The van der Waals surface area contributed by atoms with E-state index in [1.807, 2.05) is 49.4 Å². The summed E-state index contributed by atoms with van der Waals surface area (Å²) in [5.74, 6) is 1.34. The first-order valence-corrected chi connectivity index (χ1v) is 12.6. The number of anilines is 1. The predicted octanol–water partition coefficient (Wildman–Crippen LogP) is 5.67. The number of phenolic OH excluding ortho intramolecular Hbond substituents is 1. The first-order chi connectivity index (χ1) is 17.0. The lowest BCUT2D eigenvalue weighted by atomic mass is 9.92. The van der Waals surface area contributed by atoms with Gasteiger partial charge >= 0.3 is 0 Å². The van der Waals surface area contributed by atoms with Gasteiger partial charge in [-0.05, 0) is 86.1 Å². The summed E-state index contributed by atoms with van der Waals surface area (Å²) in [5.41, 5.74) is 6.17. The molecule has 0 aromatic heterocycles. The van der Waals surface area contributed by atoms with E-state index in [0.717, 1.165) is 36.5 Å². The van der Waals surface area contributed by atoms with Crippen LogP contribution in [0.3, 0.4) is 0 Å². The zero-order valence-electron chi connectivity index (χ0n) is 21.2. The summed E-state index contributed by atoms with van der Waals surface area (Å²) in [6, 6.07) is 22.1. The number of likely N-dealkylation sites (N-methyl/N-ethyl adjacent to an activating group) is 1. The van der Waals surface area contributed by atoms with Gasteiger partial charge < -0.3 is 20.1 Å². The number of fused-ring (bicyclic) bond motifs is 1. The van der Waals surface area contributed by atoms with Crippen LogP contribution in [0.1, 0.15) is 48.9 Å². The van der Waals surface area contributed by atoms with Gasteiger partial charge in [-0.15, -0.1) is 0 Å². The van der Waals surface area contributed by atoms with Gasteiger partial charge in [-0.3, -0.25) is 4.79 Å². The van der Waals surface area contributed by atoms with Crippen LogP contribution in [0.15, 0.2) is 66.7 Å². The molecule has 3 aromatic carbocycles. The number of methoxy groups -OCH3 is 1. The van der Waals surface area contributed by atoms with E-state index in [9.17, 15) is 9.90 Å². The summed E-state index contributed by atoms with van der Waals surface area (Å²) >= 11 is 0. The third-order valence-electron chi connectivity index (χ3n) is 6.27. The normalized spacial score (nSPS) is 12.1. The fraction of sp³-hybridized carbons (Fsp3) is 0.367. The number of phenols is 1. The second kappa shape index (κ2) is 13.4. The van der Waals surface area contributed by atoms with Crippen LogP contribution in [0.2, 0.25) is 0 Å². The molecule has 5 nitrogen and oxygen atoms in total. The molecule has 3 aromatic rings. The average molecular weight is 475 g/mol. The van der Waals surface area contributed by atoms with E-state index in [1.165, 1.54) is 36.0 Å². The van der Waals surface area contributed by atoms with Crippen LogP contribution in [-0.2, 0) is 30.6 Å². The molecular formula is C30H38N2O3. The molecule has 0 unspecified atom stereocenters. The van der Waals surface area contributed by atoms with Gasteiger partial charge in [-0.1, -0.05) is 36.4 Å². The number of hydrogen-bond donors (Lipinski definition) is 2. The van der Waals surface area contributed by atoms with E-state index < -0.39 is 0 Å². The van der Waals surface area contributed by atoms with Crippen molar-refractivity contribution < 1.29 is 14.6 Å². The minimum atomic E-state index is 0.0665. The Morgan fingerprint density at radius 3 is 2.34 bits per heavy atom. The summed E-state index contributed by atoms with van der Waals surface area (Å²) < 4.78 is 5.31. The summed E-state index contributed by atoms with van der Waals surface area (Å²) in [4.78, 5) is 13.9. The van der Waals surface area contributed by atoms with Crippen LogP contribution in [0.5, 0.6) is 11.5 Å². The predicted molar refractivity (Wildman–Crippen MR) is 143 cm³/mol. The van der Waals surface area contributed by atoms with Crippen molar-refractivity contribution in [3.63, 3.8) is 0 Å². The molecule has 1 amide bonds. The molecule has 0 saturated heterocycles. The Kier molecular flexibility index (Phi) is 10.0. The van der Waals surface area contributed by atoms with Crippen molar-refractivity contribution in [1.82, 2.24) is 5.32 Å². The third kappa shape index (κ3) is 8.06. The summed E-state index contributed by atoms with van der Waals surface area (Å²) in [6.45, 7) is 6.48. The number of carbonyl (C=O) groups excluding carboxylic acids is 1. The van der Waals surface area contributed by atoms with Crippen molar-refractivity contribution in [1.29, 1.82) is 0 Å². The van der Waals surface area contributed by atoms with Crippen molar-refractivity contribution in [3.05, 3.63) is 89.0 Å². The first kappa shape index (κ1) is 26.1. The number of ether oxygens (including phenoxy) is 1. The van der Waals surface area contributed by atoms with Crippen LogP contribution in [0, 0.1) is 0 Å². The molecule has 0 atom stereocenters. The zero-order valence-corrected chi connectivity index (χ0v) is 21.2. The van der Waals surface area contributed by atoms with Crippen LogP contribution < -0.4 is 15.0 Å². The smallest absolute Gasteiger partial charge is 0.224 e. The summed E-state index contributed by atoms with van der Waals surface area (Å²) in [5, 5.41) is 12.0. The van der Waals surface area contributed by atoms with E-state index in [1.54, 1.807) is 13.2 Å². The number of aryl methyl sites for hydroxylation is 2. The number of rotatable bonds is 8. The molecule has 1 aliphatic carbocycles. The molecule has 0 bridgehead atoms. The highest BCUT2D eigenvalue weighted by Crippen LogP contribution is 2.24. The van der Waals surface area contributed by atoms with E-state index >= 15 is 0 Å². The van der Waals surface area contributed by atoms with Gasteiger partial charge in [0.25, 0.3) is 0 Å². The first-order valence-electron chi connectivity index (χ1n) is 12.6. The van der Waals surface area contributed by atoms with E-state index in [0.29, 0.717) is 18.7 Å². The van der Waals surface area contributed by atoms with Crippen LogP contribution in [0.25, 0.3) is 0 Å². The van der Waals surface area contributed by atoms with Crippen LogP contribution in [0.4, 0.5) is 5.69 Å². The van der Waals surface area contributed by atoms with Gasteiger partial charge in [-0.2, -0.15) is 0 Å². The largest absolute Gasteiger partial charge is 0.508 e. The Morgan fingerprint density at radius 2 is 1.66 bits per heavy atom. The second-order valence-electron chi connectivity index (χ2n) is 8.82. The number of aromatic hydroxyl groups is 1. The lowest BCUT2D eigenvalue weighted by Crippen LogP contribution is -2.24. The average Bonchev–Trinajstić information content (AvgIpc) is 2.88. The Bertz CT molecular complexity index is 1080. The van der Waals surface area contributed by atoms with Crippen LogP contribution >= 0.6 is 0 Å². The van der Waals surface area contributed by atoms with Crippen molar-refractivity contribution >= 4 is 11.6 Å². The fourth-order valence-electron chi connectivity index (χ4n) is 4.34. The number of hydrogen-bond acceptors (Lipinski definition) is 4. The molecule has 4 rings (SSSR count). The van der Waals surface area contributed by atoms with Crippen molar-refractivity contribution in [2.75, 3.05) is 25.1 Å². The molecule has 0 aliphatic heterocycles. The standard InChI is InChI=1S/C20H26N2O2.C10H12O/c1-4-21-20(23)13-16-9-11-17(12-10-16)15-22(5-2)18-7-6-8-19(14-18)24-3;11-10-6-5-8-3-1-2-4-9(8)7-10/h6-12,14H,4-5,13,15H2,1-3H3,(H,21,23);5-7,11H,1-4H2. The Hall–Kier alpha value is -3.47. The van der Waals surface area contributed by atoms with E-state index in [2.05, 4.69) is 35.3 Å². The molecule has 0 radical (unpaired) electrons. The van der Waals surface area contributed by atoms with Gasteiger partial charge in [-0.25, -0.2) is 0 Å². The number of carbonyl (C=O) groups is 1. The SMILES string of the molecule is CCNC(=O)Cc1ccc(CN(CC)c2cccc(OC)c2)cc1.Oc1ccc2c(c1)CCCC2. The summed E-state index contributed by atoms with van der Waals surface area (Å²) in [7, 11) is 1.68. The number of nitrogens with one attached hydrogen (secondary N) is 1. The van der Waals surface area contributed by atoms with Gasteiger partial charge in [0.15, 0.2) is 0 Å². The second-order valence-corrected chi connectivity index (χ2v) is 8.82.